The molecule has 0 amide bonds. The van der Waals surface area contributed by atoms with E-state index in [1.54, 1.807) is 10.8 Å². The molecule has 6 nitrogen and oxygen atoms in total. The Kier molecular flexibility index (Phi) is 3.23. The van der Waals surface area contributed by atoms with Gasteiger partial charge in [-0.2, -0.15) is 14.6 Å². The summed E-state index contributed by atoms with van der Waals surface area (Å²) in [6, 6.07) is 12.2. The van der Waals surface area contributed by atoms with Crippen molar-refractivity contribution in [3.05, 3.63) is 42.7 Å². The van der Waals surface area contributed by atoms with Crippen molar-refractivity contribution in [2.45, 2.75) is 13.0 Å². The van der Waals surface area contributed by atoms with Crippen molar-refractivity contribution in [1.82, 2.24) is 19.6 Å². The summed E-state index contributed by atoms with van der Waals surface area (Å²) < 4.78 is 7.43. The Hall–Kier alpha value is -2.47. The first-order chi connectivity index (χ1) is 10.8. The van der Waals surface area contributed by atoms with Gasteiger partial charge >= 0.3 is 0 Å². The summed E-state index contributed by atoms with van der Waals surface area (Å²) in [5, 5.41) is 4.31. The smallest absolute Gasteiger partial charge is 0.254 e. The van der Waals surface area contributed by atoms with Crippen LogP contribution in [-0.4, -0.2) is 45.4 Å². The lowest BCUT2D eigenvalue weighted by atomic mass is 10.1. The fraction of sp³-hybridized carbons (Fsp3) is 0.312. The van der Waals surface area contributed by atoms with E-state index < -0.39 is 0 Å². The number of hydrogen-bond acceptors (Lipinski definition) is 5. The Morgan fingerprint density at radius 1 is 1.23 bits per heavy atom. The van der Waals surface area contributed by atoms with Gasteiger partial charge in [0.05, 0.1) is 18.4 Å². The molecule has 0 saturated carbocycles. The molecule has 0 bridgehead atoms. The van der Waals surface area contributed by atoms with Crippen molar-refractivity contribution >= 4 is 11.6 Å². The van der Waals surface area contributed by atoms with E-state index in [1.165, 1.54) is 0 Å². The van der Waals surface area contributed by atoms with E-state index in [9.17, 15) is 0 Å². The Balaban J connectivity index is 1.84. The molecule has 3 aromatic rings. The van der Waals surface area contributed by atoms with Crippen molar-refractivity contribution in [2.24, 2.45) is 0 Å². The molecule has 0 spiro atoms. The van der Waals surface area contributed by atoms with E-state index in [0.29, 0.717) is 5.78 Å². The molecule has 1 atom stereocenters. The number of ether oxygens (including phenoxy) is 1. The second-order valence-corrected chi connectivity index (χ2v) is 5.46. The number of anilines is 1. The van der Waals surface area contributed by atoms with E-state index in [1.807, 2.05) is 18.2 Å². The molecule has 0 aliphatic carbocycles. The Labute approximate surface area is 128 Å². The zero-order valence-corrected chi connectivity index (χ0v) is 12.4. The predicted octanol–water partition coefficient (Wildman–Crippen LogP) is 2.02. The van der Waals surface area contributed by atoms with Gasteiger partial charge in [0.25, 0.3) is 5.78 Å². The van der Waals surface area contributed by atoms with Crippen molar-refractivity contribution in [3.8, 4) is 11.3 Å². The van der Waals surface area contributed by atoms with Gasteiger partial charge in [-0.3, -0.25) is 0 Å². The Morgan fingerprint density at radius 2 is 2.09 bits per heavy atom. The summed E-state index contributed by atoms with van der Waals surface area (Å²) >= 11 is 0. The largest absolute Gasteiger partial charge is 0.375 e. The normalized spacial score (nSPS) is 18.8. The maximum atomic E-state index is 5.64. The maximum Gasteiger partial charge on any atom is 0.254 e. The van der Waals surface area contributed by atoms with Crippen molar-refractivity contribution in [3.63, 3.8) is 0 Å². The van der Waals surface area contributed by atoms with E-state index >= 15 is 0 Å². The van der Waals surface area contributed by atoms with E-state index in [4.69, 9.17) is 4.74 Å². The molecule has 4 rings (SSSR count). The molecule has 0 N–H and O–H groups in total. The summed E-state index contributed by atoms with van der Waals surface area (Å²) in [5.41, 5.74) is 1.99. The number of benzene rings is 1. The van der Waals surface area contributed by atoms with Gasteiger partial charge in [0, 0.05) is 24.7 Å². The molecule has 1 aliphatic rings. The molecule has 1 aromatic carbocycles. The summed E-state index contributed by atoms with van der Waals surface area (Å²) in [4.78, 5) is 11.2. The lowest BCUT2D eigenvalue weighted by Crippen LogP contribution is -2.42. The minimum atomic E-state index is 0.209. The molecule has 1 aliphatic heterocycles. The number of fused-ring (bicyclic) bond motifs is 1. The van der Waals surface area contributed by atoms with Crippen LogP contribution in [0.1, 0.15) is 6.92 Å². The molecule has 22 heavy (non-hydrogen) atoms. The van der Waals surface area contributed by atoms with E-state index in [-0.39, 0.29) is 6.10 Å². The Bertz CT molecular complexity index is 786. The van der Waals surface area contributed by atoms with Gasteiger partial charge < -0.3 is 9.64 Å². The van der Waals surface area contributed by atoms with Crippen LogP contribution in [-0.2, 0) is 4.74 Å². The molecule has 1 fully saturated rings. The van der Waals surface area contributed by atoms with Gasteiger partial charge in [-0.25, -0.2) is 4.98 Å². The number of nitrogens with zero attached hydrogens (tertiary/aromatic N) is 5. The van der Waals surface area contributed by atoms with Crippen molar-refractivity contribution in [1.29, 1.82) is 0 Å². The van der Waals surface area contributed by atoms with Gasteiger partial charge in [-0.15, -0.1) is 0 Å². The molecule has 6 heteroatoms. The summed E-state index contributed by atoms with van der Waals surface area (Å²) in [5.74, 6) is 1.63. The standard InChI is InChI=1S/C16H17N5O/c1-12-10-20(7-8-22-12)15-9-14(13-5-3-2-4-6-13)19-16-17-11-18-21(15)16/h2-6,9,11-12H,7-8,10H2,1H3. The van der Waals surface area contributed by atoms with Crippen molar-refractivity contribution in [2.75, 3.05) is 24.6 Å². The van der Waals surface area contributed by atoms with Crippen LogP contribution in [0.5, 0.6) is 0 Å². The highest BCUT2D eigenvalue weighted by Gasteiger charge is 2.21. The zero-order chi connectivity index (χ0) is 14.9. The number of aromatic nitrogens is 4. The number of rotatable bonds is 2. The molecule has 1 saturated heterocycles. The molecule has 112 valence electrons. The highest BCUT2D eigenvalue weighted by atomic mass is 16.5. The monoisotopic (exact) mass is 295 g/mol. The second-order valence-electron chi connectivity index (χ2n) is 5.46. The first-order valence-electron chi connectivity index (χ1n) is 7.44. The van der Waals surface area contributed by atoms with E-state index in [0.717, 1.165) is 36.8 Å². The molecule has 3 heterocycles. The fourth-order valence-corrected chi connectivity index (χ4v) is 2.81. The first-order valence-corrected chi connectivity index (χ1v) is 7.44. The average Bonchev–Trinajstić information content (AvgIpc) is 3.03. The lowest BCUT2D eigenvalue weighted by molar-refractivity contribution is 0.0528. The van der Waals surface area contributed by atoms with Gasteiger partial charge in [0.1, 0.15) is 12.1 Å². The molecular formula is C16H17N5O. The first kappa shape index (κ1) is 13.2. The Morgan fingerprint density at radius 3 is 2.91 bits per heavy atom. The van der Waals surface area contributed by atoms with Crippen LogP contribution >= 0.6 is 0 Å². The fourth-order valence-electron chi connectivity index (χ4n) is 2.81. The highest BCUT2D eigenvalue weighted by Crippen LogP contribution is 2.24. The SMILES string of the molecule is CC1CN(c2cc(-c3ccccc3)nc3ncnn23)CCO1. The zero-order valence-electron chi connectivity index (χ0n) is 12.4. The van der Waals surface area contributed by atoms with Crippen LogP contribution in [0.15, 0.2) is 42.7 Å². The van der Waals surface area contributed by atoms with Gasteiger partial charge in [-0.1, -0.05) is 30.3 Å². The van der Waals surface area contributed by atoms with Gasteiger partial charge in [0.2, 0.25) is 0 Å². The maximum absolute atomic E-state index is 5.64. The topological polar surface area (TPSA) is 55.6 Å². The third-order valence-electron chi connectivity index (χ3n) is 3.87. The summed E-state index contributed by atoms with van der Waals surface area (Å²) in [6.45, 7) is 4.50. The second kappa shape index (κ2) is 5.38. The van der Waals surface area contributed by atoms with Crippen LogP contribution < -0.4 is 4.90 Å². The molecule has 1 unspecified atom stereocenters. The quantitative estimate of drug-likeness (QED) is 0.724. The third-order valence-corrected chi connectivity index (χ3v) is 3.87. The highest BCUT2D eigenvalue weighted by molar-refractivity contribution is 5.65. The number of morpholine rings is 1. The minimum Gasteiger partial charge on any atom is -0.375 e. The van der Waals surface area contributed by atoms with Crippen molar-refractivity contribution < 1.29 is 4.74 Å². The third kappa shape index (κ3) is 2.31. The molecule has 2 aromatic heterocycles. The van der Waals surface area contributed by atoms with Crippen LogP contribution in [0, 0.1) is 0 Å². The minimum absolute atomic E-state index is 0.209. The summed E-state index contributed by atoms with van der Waals surface area (Å²) in [6.07, 6.45) is 1.76. The predicted molar refractivity (Wildman–Crippen MR) is 83.8 cm³/mol. The van der Waals surface area contributed by atoms with Gasteiger partial charge in [-0.05, 0) is 6.92 Å². The van der Waals surface area contributed by atoms with Crippen LogP contribution in [0.3, 0.4) is 0 Å². The average molecular weight is 295 g/mol. The molecular weight excluding hydrogens is 278 g/mol. The van der Waals surface area contributed by atoms with Crippen LogP contribution in [0.25, 0.3) is 17.0 Å². The number of hydrogen-bond donors (Lipinski definition) is 0. The molecule has 0 radical (unpaired) electrons. The van der Waals surface area contributed by atoms with Gasteiger partial charge in [0.15, 0.2) is 0 Å². The van der Waals surface area contributed by atoms with Crippen LogP contribution in [0.2, 0.25) is 0 Å². The van der Waals surface area contributed by atoms with Crippen LogP contribution in [0.4, 0.5) is 5.82 Å². The summed E-state index contributed by atoms with van der Waals surface area (Å²) in [7, 11) is 0. The lowest BCUT2D eigenvalue weighted by Gasteiger charge is -2.32. The van der Waals surface area contributed by atoms with E-state index in [2.05, 4.69) is 45.1 Å².